The predicted octanol–water partition coefficient (Wildman–Crippen LogP) is 3.35. The van der Waals surface area contributed by atoms with E-state index in [1.807, 2.05) is 9.80 Å². The highest BCUT2D eigenvalue weighted by Gasteiger charge is 2.27. The average molecular weight is 258 g/mol. The Morgan fingerprint density at radius 1 is 1.05 bits per heavy atom. The van der Waals surface area contributed by atoms with Crippen molar-refractivity contribution < 1.29 is 4.79 Å². The molecular formula is C16H22N2O. The molecule has 3 heteroatoms. The summed E-state index contributed by atoms with van der Waals surface area (Å²) >= 11 is 0. The Balaban J connectivity index is 1.84. The number of fused-ring (bicyclic) bond motifs is 1. The van der Waals surface area contributed by atoms with Crippen LogP contribution in [0.5, 0.6) is 0 Å². The lowest BCUT2D eigenvalue weighted by atomic mass is 10.00. The van der Waals surface area contributed by atoms with Gasteiger partial charge in [0, 0.05) is 25.3 Å². The molecular weight excluding hydrogens is 236 g/mol. The predicted molar refractivity (Wildman–Crippen MR) is 77.7 cm³/mol. The van der Waals surface area contributed by atoms with E-state index >= 15 is 0 Å². The highest BCUT2D eigenvalue weighted by Crippen LogP contribution is 2.29. The first-order valence-electron chi connectivity index (χ1n) is 7.42. The number of carbonyl (C=O) groups is 1. The third-order valence-electron chi connectivity index (χ3n) is 4.21. The van der Waals surface area contributed by atoms with Gasteiger partial charge in [-0.2, -0.15) is 0 Å². The van der Waals surface area contributed by atoms with E-state index in [0.29, 0.717) is 0 Å². The van der Waals surface area contributed by atoms with Gasteiger partial charge in [-0.1, -0.05) is 17.7 Å². The molecule has 0 aliphatic carbocycles. The number of amides is 2. The summed E-state index contributed by atoms with van der Waals surface area (Å²) in [7, 11) is 0. The van der Waals surface area contributed by atoms with Gasteiger partial charge in [-0.25, -0.2) is 4.79 Å². The Morgan fingerprint density at radius 2 is 1.84 bits per heavy atom. The van der Waals surface area contributed by atoms with Crippen molar-refractivity contribution in [2.45, 2.75) is 39.0 Å². The number of rotatable bonds is 0. The van der Waals surface area contributed by atoms with Gasteiger partial charge in [0.1, 0.15) is 0 Å². The van der Waals surface area contributed by atoms with Crippen molar-refractivity contribution in [3.63, 3.8) is 0 Å². The Morgan fingerprint density at radius 3 is 2.63 bits per heavy atom. The molecule has 1 aromatic rings. The van der Waals surface area contributed by atoms with Crippen LogP contribution in [-0.4, -0.2) is 30.6 Å². The Bertz CT molecular complexity index is 478. The molecule has 0 radical (unpaired) electrons. The zero-order chi connectivity index (χ0) is 13.2. The second kappa shape index (κ2) is 5.24. The molecule has 3 nitrogen and oxygen atoms in total. The van der Waals surface area contributed by atoms with Crippen LogP contribution in [0.2, 0.25) is 0 Å². The number of anilines is 1. The number of aryl methyl sites for hydroxylation is 2. The molecule has 19 heavy (non-hydrogen) atoms. The standard InChI is InChI=1S/C16H22N2O/c1-13-7-8-15-14(12-13)6-5-11-18(15)16(19)17-9-3-2-4-10-17/h7-8,12H,2-6,9-11H2,1H3. The van der Waals surface area contributed by atoms with Gasteiger partial charge >= 0.3 is 6.03 Å². The first kappa shape index (κ1) is 12.5. The minimum atomic E-state index is 0.213. The molecule has 0 aromatic heterocycles. The molecule has 0 spiro atoms. The molecule has 2 aliphatic rings. The van der Waals surface area contributed by atoms with Crippen molar-refractivity contribution in [3.05, 3.63) is 29.3 Å². The molecule has 102 valence electrons. The normalized spacial score (nSPS) is 19.2. The van der Waals surface area contributed by atoms with E-state index in [1.54, 1.807) is 0 Å². The maximum absolute atomic E-state index is 12.7. The SMILES string of the molecule is Cc1ccc2c(c1)CCCN2C(=O)N1CCCCC1. The molecule has 0 bridgehead atoms. The minimum absolute atomic E-state index is 0.213. The van der Waals surface area contributed by atoms with Gasteiger partial charge in [0.15, 0.2) is 0 Å². The van der Waals surface area contributed by atoms with Crippen LogP contribution in [0.1, 0.15) is 36.8 Å². The Hall–Kier alpha value is -1.51. The van der Waals surface area contributed by atoms with E-state index < -0.39 is 0 Å². The monoisotopic (exact) mass is 258 g/mol. The average Bonchev–Trinajstić information content (AvgIpc) is 2.46. The van der Waals surface area contributed by atoms with Crippen molar-refractivity contribution in [1.82, 2.24) is 4.90 Å². The lowest BCUT2D eigenvalue weighted by molar-refractivity contribution is 0.192. The molecule has 1 aromatic carbocycles. The topological polar surface area (TPSA) is 23.6 Å². The highest BCUT2D eigenvalue weighted by molar-refractivity contribution is 5.93. The molecule has 1 fully saturated rings. The van der Waals surface area contributed by atoms with Crippen molar-refractivity contribution in [2.75, 3.05) is 24.5 Å². The molecule has 2 amide bonds. The number of nitrogens with zero attached hydrogens (tertiary/aromatic N) is 2. The maximum Gasteiger partial charge on any atom is 0.324 e. The second-order valence-electron chi connectivity index (χ2n) is 5.72. The van der Waals surface area contributed by atoms with E-state index in [4.69, 9.17) is 0 Å². The van der Waals surface area contributed by atoms with Crippen LogP contribution < -0.4 is 4.90 Å². The van der Waals surface area contributed by atoms with Crippen LogP contribution in [-0.2, 0) is 6.42 Å². The maximum atomic E-state index is 12.7. The molecule has 2 aliphatic heterocycles. The van der Waals surface area contributed by atoms with Crippen LogP contribution in [0.25, 0.3) is 0 Å². The quantitative estimate of drug-likeness (QED) is 0.700. The van der Waals surface area contributed by atoms with Crippen LogP contribution >= 0.6 is 0 Å². The summed E-state index contributed by atoms with van der Waals surface area (Å²) in [6, 6.07) is 6.67. The van der Waals surface area contributed by atoms with E-state index in [0.717, 1.165) is 51.0 Å². The van der Waals surface area contributed by atoms with Crippen molar-refractivity contribution in [1.29, 1.82) is 0 Å². The molecule has 3 rings (SSSR count). The summed E-state index contributed by atoms with van der Waals surface area (Å²) in [4.78, 5) is 16.7. The smallest absolute Gasteiger partial charge is 0.324 e. The van der Waals surface area contributed by atoms with Gasteiger partial charge in [-0.15, -0.1) is 0 Å². The zero-order valence-electron chi connectivity index (χ0n) is 11.7. The van der Waals surface area contributed by atoms with E-state index in [1.165, 1.54) is 17.5 Å². The Labute approximate surface area is 115 Å². The van der Waals surface area contributed by atoms with Gasteiger partial charge in [0.2, 0.25) is 0 Å². The van der Waals surface area contributed by atoms with E-state index in [-0.39, 0.29) is 6.03 Å². The minimum Gasteiger partial charge on any atom is -0.324 e. The van der Waals surface area contributed by atoms with Crippen molar-refractivity contribution >= 4 is 11.7 Å². The summed E-state index contributed by atoms with van der Waals surface area (Å²) in [5.74, 6) is 0. The first-order chi connectivity index (χ1) is 9.25. The van der Waals surface area contributed by atoms with Crippen molar-refractivity contribution in [2.24, 2.45) is 0 Å². The number of likely N-dealkylation sites (tertiary alicyclic amines) is 1. The number of urea groups is 1. The lowest BCUT2D eigenvalue weighted by Gasteiger charge is -2.36. The fourth-order valence-corrected chi connectivity index (χ4v) is 3.18. The largest absolute Gasteiger partial charge is 0.324 e. The van der Waals surface area contributed by atoms with Gasteiger partial charge in [0.25, 0.3) is 0 Å². The van der Waals surface area contributed by atoms with Crippen LogP contribution in [0.4, 0.5) is 10.5 Å². The molecule has 0 unspecified atom stereocenters. The number of carbonyl (C=O) groups excluding carboxylic acids is 1. The number of benzene rings is 1. The number of hydrogen-bond donors (Lipinski definition) is 0. The van der Waals surface area contributed by atoms with E-state index in [2.05, 4.69) is 25.1 Å². The zero-order valence-corrected chi connectivity index (χ0v) is 11.7. The van der Waals surface area contributed by atoms with Gasteiger partial charge < -0.3 is 4.90 Å². The van der Waals surface area contributed by atoms with E-state index in [9.17, 15) is 4.79 Å². The summed E-state index contributed by atoms with van der Waals surface area (Å²) in [5.41, 5.74) is 3.75. The third-order valence-corrected chi connectivity index (χ3v) is 4.21. The fraction of sp³-hybridized carbons (Fsp3) is 0.562. The Kier molecular flexibility index (Phi) is 3.45. The van der Waals surface area contributed by atoms with Crippen molar-refractivity contribution in [3.8, 4) is 0 Å². The highest BCUT2D eigenvalue weighted by atomic mass is 16.2. The van der Waals surface area contributed by atoms with Crippen LogP contribution in [0.15, 0.2) is 18.2 Å². The summed E-state index contributed by atoms with van der Waals surface area (Å²) in [6.45, 7) is 4.84. The molecule has 0 N–H and O–H groups in total. The summed E-state index contributed by atoms with van der Waals surface area (Å²) in [5, 5.41) is 0. The molecule has 0 atom stereocenters. The van der Waals surface area contributed by atoms with Crippen LogP contribution in [0, 0.1) is 6.92 Å². The fourth-order valence-electron chi connectivity index (χ4n) is 3.18. The number of piperidine rings is 1. The summed E-state index contributed by atoms with van der Waals surface area (Å²) < 4.78 is 0. The second-order valence-corrected chi connectivity index (χ2v) is 5.72. The molecule has 2 heterocycles. The van der Waals surface area contributed by atoms with Gasteiger partial charge in [-0.05, 0) is 50.7 Å². The lowest BCUT2D eigenvalue weighted by Crippen LogP contribution is -2.47. The van der Waals surface area contributed by atoms with Crippen LogP contribution in [0.3, 0.4) is 0 Å². The third kappa shape index (κ3) is 2.46. The first-order valence-corrected chi connectivity index (χ1v) is 7.42. The summed E-state index contributed by atoms with van der Waals surface area (Å²) in [6.07, 6.45) is 5.75. The molecule has 0 saturated carbocycles. The molecule has 1 saturated heterocycles. The van der Waals surface area contributed by atoms with Gasteiger partial charge in [0.05, 0.1) is 0 Å². The number of hydrogen-bond acceptors (Lipinski definition) is 1. The van der Waals surface area contributed by atoms with Gasteiger partial charge in [-0.3, -0.25) is 4.90 Å².